The Morgan fingerprint density at radius 2 is 1.74 bits per heavy atom. The second-order valence-corrected chi connectivity index (χ2v) is 6.95. The molecule has 3 atom stereocenters. The lowest BCUT2D eigenvalue weighted by Crippen LogP contribution is -2.36. The summed E-state index contributed by atoms with van der Waals surface area (Å²) in [5, 5.41) is 0. The predicted molar refractivity (Wildman–Crippen MR) is 94.0 cm³/mol. The van der Waals surface area contributed by atoms with Crippen LogP contribution in [-0.4, -0.2) is 39.1 Å². The minimum Gasteiger partial charge on any atom is -0.469 e. The Bertz CT molecular complexity index is 826. The first-order valence-electron chi connectivity index (χ1n) is 8.96. The summed E-state index contributed by atoms with van der Waals surface area (Å²) in [5.41, 5.74) is 3.94. The van der Waals surface area contributed by atoms with Crippen LogP contribution in [0.1, 0.15) is 30.9 Å². The first-order valence-corrected chi connectivity index (χ1v) is 8.96. The first kappa shape index (κ1) is 17.9. The summed E-state index contributed by atoms with van der Waals surface area (Å²) in [4.78, 5) is 24.7. The van der Waals surface area contributed by atoms with Crippen LogP contribution in [0.4, 0.5) is 0 Å². The summed E-state index contributed by atoms with van der Waals surface area (Å²) in [6, 6.07) is 3.85. The summed E-state index contributed by atoms with van der Waals surface area (Å²) < 4.78 is 27.1. The summed E-state index contributed by atoms with van der Waals surface area (Å²) in [6.07, 6.45) is 0.606. The molecule has 2 heterocycles. The average molecular weight is 374 g/mol. The monoisotopic (exact) mass is 374 g/mol. The topological polar surface area (TPSA) is 80.3 Å². The maximum Gasteiger partial charge on any atom is 0.309 e. The van der Waals surface area contributed by atoms with Crippen LogP contribution in [0.2, 0.25) is 0 Å². The molecule has 4 rings (SSSR count). The van der Waals surface area contributed by atoms with Crippen molar-refractivity contribution in [2.45, 2.75) is 32.5 Å². The lowest BCUT2D eigenvalue weighted by Gasteiger charge is -2.33. The van der Waals surface area contributed by atoms with Crippen LogP contribution >= 0.6 is 0 Å². The van der Waals surface area contributed by atoms with Crippen LogP contribution in [0.25, 0.3) is 5.57 Å². The van der Waals surface area contributed by atoms with Gasteiger partial charge in [-0.2, -0.15) is 0 Å². The number of esters is 2. The molecule has 0 bridgehead atoms. The fraction of sp³-hybridized carbons (Fsp3) is 0.500. The third-order valence-electron chi connectivity index (χ3n) is 5.68. The van der Waals surface area contributed by atoms with E-state index in [-0.39, 0.29) is 12.9 Å². The molecule has 1 unspecified atom stereocenters. The fourth-order valence-electron chi connectivity index (χ4n) is 4.25. The minimum absolute atomic E-state index is 0.183. The fourth-order valence-corrected chi connectivity index (χ4v) is 4.25. The van der Waals surface area contributed by atoms with Crippen molar-refractivity contribution in [1.82, 2.24) is 0 Å². The largest absolute Gasteiger partial charge is 0.469 e. The van der Waals surface area contributed by atoms with Crippen molar-refractivity contribution >= 4 is 17.5 Å². The highest BCUT2D eigenvalue weighted by atomic mass is 16.7. The van der Waals surface area contributed by atoms with Gasteiger partial charge in [0.1, 0.15) is 0 Å². The Morgan fingerprint density at radius 1 is 1.04 bits per heavy atom. The molecule has 144 valence electrons. The van der Waals surface area contributed by atoms with E-state index in [1.807, 2.05) is 19.1 Å². The van der Waals surface area contributed by atoms with Gasteiger partial charge in [0.05, 0.1) is 38.8 Å². The van der Waals surface area contributed by atoms with E-state index in [1.165, 1.54) is 14.2 Å². The molecule has 1 aromatic rings. The van der Waals surface area contributed by atoms with Crippen molar-refractivity contribution < 1.29 is 33.3 Å². The number of fused-ring (bicyclic) bond motifs is 4. The van der Waals surface area contributed by atoms with Crippen molar-refractivity contribution in [3.05, 3.63) is 28.8 Å². The molecule has 0 saturated heterocycles. The molecular formula is C20H22O7. The SMILES string of the molecule is COC(=O)[C@H]1CC2=C(C[C@@H]1C(=O)OC)C(C)OCc1c2ccc2c1OCO2. The van der Waals surface area contributed by atoms with E-state index in [4.69, 9.17) is 23.7 Å². The normalized spacial score (nSPS) is 26.0. The van der Waals surface area contributed by atoms with E-state index in [0.29, 0.717) is 30.9 Å². The maximum atomic E-state index is 12.4. The first-order chi connectivity index (χ1) is 13.0. The summed E-state index contributed by atoms with van der Waals surface area (Å²) in [7, 11) is 2.68. The van der Waals surface area contributed by atoms with Gasteiger partial charge in [0.15, 0.2) is 11.5 Å². The molecule has 0 N–H and O–H groups in total. The average Bonchev–Trinajstić information content (AvgIpc) is 3.13. The molecule has 1 aromatic carbocycles. The van der Waals surface area contributed by atoms with Crippen LogP contribution in [0.5, 0.6) is 11.5 Å². The van der Waals surface area contributed by atoms with Crippen LogP contribution in [-0.2, 0) is 30.4 Å². The second kappa shape index (κ2) is 6.88. The molecule has 2 aliphatic heterocycles. The molecule has 1 aliphatic carbocycles. The summed E-state index contributed by atoms with van der Waals surface area (Å²) in [6.45, 7) is 2.52. The van der Waals surface area contributed by atoms with E-state index in [1.54, 1.807) is 0 Å². The number of methoxy groups -OCH3 is 2. The molecule has 0 amide bonds. The molecular weight excluding hydrogens is 352 g/mol. The lowest BCUT2D eigenvalue weighted by molar-refractivity contribution is -0.157. The molecule has 3 aliphatic rings. The van der Waals surface area contributed by atoms with Crippen molar-refractivity contribution in [2.75, 3.05) is 21.0 Å². The van der Waals surface area contributed by atoms with Crippen molar-refractivity contribution in [2.24, 2.45) is 11.8 Å². The number of allylic oxidation sites excluding steroid dienone is 1. The van der Waals surface area contributed by atoms with E-state index >= 15 is 0 Å². The Labute approximate surface area is 157 Å². The van der Waals surface area contributed by atoms with E-state index in [0.717, 1.165) is 22.3 Å². The van der Waals surface area contributed by atoms with Crippen molar-refractivity contribution in [1.29, 1.82) is 0 Å². The van der Waals surface area contributed by atoms with Crippen LogP contribution in [0.15, 0.2) is 17.7 Å². The van der Waals surface area contributed by atoms with Crippen molar-refractivity contribution in [3.63, 3.8) is 0 Å². The second-order valence-electron chi connectivity index (χ2n) is 6.95. The molecule has 0 aromatic heterocycles. The maximum absolute atomic E-state index is 12.4. The molecule has 7 heteroatoms. The number of carbonyl (C=O) groups is 2. The quantitative estimate of drug-likeness (QED) is 0.736. The van der Waals surface area contributed by atoms with Gasteiger partial charge in [-0.15, -0.1) is 0 Å². The number of carbonyl (C=O) groups excluding carboxylic acids is 2. The van der Waals surface area contributed by atoms with Crippen molar-refractivity contribution in [3.8, 4) is 11.5 Å². The number of benzene rings is 1. The highest BCUT2D eigenvalue weighted by Gasteiger charge is 2.43. The third-order valence-corrected chi connectivity index (χ3v) is 5.68. The van der Waals surface area contributed by atoms with Gasteiger partial charge in [0.25, 0.3) is 0 Å². The standard InChI is InChI=1S/C20H22O7/c1-10-12-6-14(19(21)23-2)15(20(22)24-3)7-13(12)11-4-5-17-18(27-9-26-17)16(11)8-25-10/h4-5,10,14-15H,6-9H2,1-3H3/t10?,14-,15-/m0/s1. The molecule has 0 fully saturated rings. The van der Waals surface area contributed by atoms with Gasteiger partial charge in [-0.3, -0.25) is 9.59 Å². The van der Waals surface area contributed by atoms with Crippen LogP contribution < -0.4 is 9.47 Å². The van der Waals surface area contributed by atoms with Gasteiger partial charge in [0.2, 0.25) is 6.79 Å². The zero-order valence-corrected chi connectivity index (χ0v) is 15.6. The van der Waals surface area contributed by atoms with Crippen LogP contribution in [0.3, 0.4) is 0 Å². The van der Waals surface area contributed by atoms with E-state index < -0.39 is 23.8 Å². The third kappa shape index (κ3) is 2.86. The van der Waals surface area contributed by atoms with Crippen LogP contribution in [0, 0.1) is 11.8 Å². The number of hydrogen-bond donors (Lipinski definition) is 0. The van der Waals surface area contributed by atoms with Gasteiger partial charge in [-0.25, -0.2) is 0 Å². The Morgan fingerprint density at radius 3 is 2.44 bits per heavy atom. The zero-order valence-electron chi connectivity index (χ0n) is 15.6. The molecule has 7 nitrogen and oxygen atoms in total. The number of ether oxygens (including phenoxy) is 5. The van der Waals surface area contributed by atoms with Gasteiger partial charge in [0, 0.05) is 5.56 Å². The minimum atomic E-state index is -0.593. The number of hydrogen-bond acceptors (Lipinski definition) is 7. The highest BCUT2D eigenvalue weighted by molar-refractivity contribution is 5.88. The van der Waals surface area contributed by atoms with Gasteiger partial charge < -0.3 is 23.7 Å². The molecule has 27 heavy (non-hydrogen) atoms. The Kier molecular flexibility index (Phi) is 4.55. The molecule has 0 spiro atoms. The van der Waals surface area contributed by atoms with Gasteiger partial charge >= 0.3 is 11.9 Å². The molecule has 0 radical (unpaired) electrons. The van der Waals surface area contributed by atoms with E-state index in [9.17, 15) is 9.59 Å². The zero-order chi connectivity index (χ0) is 19.1. The molecule has 0 saturated carbocycles. The number of rotatable bonds is 2. The van der Waals surface area contributed by atoms with Gasteiger partial charge in [-0.1, -0.05) is 6.07 Å². The predicted octanol–water partition coefficient (Wildman–Crippen LogP) is 2.46. The highest BCUT2D eigenvalue weighted by Crippen LogP contribution is 2.48. The Balaban J connectivity index is 1.83. The summed E-state index contributed by atoms with van der Waals surface area (Å²) >= 11 is 0. The smallest absolute Gasteiger partial charge is 0.309 e. The Hall–Kier alpha value is -2.54. The summed E-state index contributed by atoms with van der Waals surface area (Å²) in [5.74, 6) is -0.594. The van der Waals surface area contributed by atoms with Gasteiger partial charge in [-0.05, 0) is 42.5 Å². The van der Waals surface area contributed by atoms with E-state index in [2.05, 4.69) is 0 Å². The lowest BCUT2D eigenvalue weighted by atomic mass is 9.72.